The molecule has 6 N–H and O–H groups in total. The van der Waals surface area contributed by atoms with Gasteiger partial charge >= 0.3 is 0 Å². The first-order valence-electron chi connectivity index (χ1n) is 20.3. The monoisotopic (exact) mass is 928 g/mol. The Morgan fingerprint density at radius 1 is 0.591 bits per heavy atom. The lowest BCUT2D eigenvalue weighted by Gasteiger charge is -2.14. The van der Waals surface area contributed by atoms with Crippen LogP contribution in [0.1, 0.15) is 47.0 Å². The number of nitrogens with zero attached hydrogens (tertiary/aromatic N) is 2. The lowest BCUT2D eigenvalue weighted by molar-refractivity contribution is 0.0991. The number of thioether (sulfide) groups is 2. The van der Waals surface area contributed by atoms with Crippen molar-refractivity contribution in [2.24, 2.45) is 11.5 Å². The van der Waals surface area contributed by atoms with Gasteiger partial charge in [0.15, 0.2) is 0 Å². The second-order valence-electron chi connectivity index (χ2n) is 14.9. The van der Waals surface area contributed by atoms with Crippen molar-refractivity contribution in [3.63, 3.8) is 0 Å². The van der Waals surface area contributed by atoms with Gasteiger partial charge in [0.05, 0.1) is 11.4 Å². The van der Waals surface area contributed by atoms with Crippen LogP contribution in [0.3, 0.4) is 0 Å². The molecule has 0 spiro atoms. The van der Waals surface area contributed by atoms with Gasteiger partial charge in [0.2, 0.25) is 11.8 Å². The quantitative estimate of drug-likeness (QED) is 0.0781. The number of carbonyl (C=O) groups is 4. The van der Waals surface area contributed by atoms with Gasteiger partial charge in [0.1, 0.15) is 5.82 Å². The molecule has 326 valence electrons. The van der Waals surface area contributed by atoms with E-state index in [1.165, 1.54) is 41.7 Å². The van der Waals surface area contributed by atoms with Crippen LogP contribution in [0.4, 0.5) is 15.8 Å². The zero-order valence-corrected chi connectivity index (χ0v) is 37.4. The smallest absolute Gasteiger partial charge is 0.256 e. The van der Waals surface area contributed by atoms with Crippen LogP contribution in [0.5, 0.6) is 0 Å². The molecule has 0 fully saturated rings. The lowest BCUT2D eigenvalue weighted by atomic mass is 9.97. The minimum Gasteiger partial charge on any atom is -0.366 e. The maximum Gasteiger partial charge on any atom is 0.256 e. The van der Waals surface area contributed by atoms with Gasteiger partial charge in [-0.05, 0) is 149 Å². The Balaban J connectivity index is 0.993. The Morgan fingerprint density at radius 3 is 1.76 bits per heavy atom. The predicted molar refractivity (Wildman–Crippen MR) is 262 cm³/mol. The zero-order valence-electron chi connectivity index (χ0n) is 35.1. The second-order valence-corrected chi connectivity index (χ2v) is 17.3. The molecule has 14 heteroatoms. The van der Waals surface area contributed by atoms with Crippen molar-refractivity contribution in [2.45, 2.75) is 15.5 Å². The number of benzene rings is 6. The number of halogens is 2. The minimum atomic E-state index is -0.797. The van der Waals surface area contributed by atoms with E-state index in [9.17, 15) is 23.6 Å². The number of anilines is 2. The van der Waals surface area contributed by atoms with Gasteiger partial charge in [-0.2, -0.15) is 0 Å². The molecule has 8 rings (SSSR count). The molecule has 2 heterocycles. The van der Waals surface area contributed by atoms with Gasteiger partial charge < -0.3 is 22.1 Å². The highest BCUT2D eigenvalue weighted by atomic mass is 35.5. The summed E-state index contributed by atoms with van der Waals surface area (Å²) >= 11 is 9.36. The van der Waals surface area contributed by atoms with E-state index < -0.39 is 23.5 Å². The number of nitrogens with one attached hydrogen (secondary N) is 2. The van der Waals surface area contributed by atoms with E-state index in [-0.39, 0.29) is 22.6 Å². The molecule has 0 saturated carbocycles. The number of hydrogen-bond donors (Lipinski definition) is 4. The van der Waals surface area contributed by atoms with Crippen molar-refractivity contribution in [3.8, 4) is 44.8 Å². The molecule has 0 aliphatic heterocycles. The van der Waals surface area contributed by atoms with Gasteiger partial charge in [-0.25, -0.2) is 4.39 Å². The summed E-state index contributed by atoms with van der Waals surface area (Å²) in [4.78, 5) is 62.7. The van der Waals surface area contributed by atoms with E-state index in [4.69, 9.17) is 28.1 Å². The molecule has 2 aromatic heterocycles. The van der Waals surface area contributed by atoms with E-state index in [1.54, 1.807) is 54.9 Å². The van der Waals surface area contributed by atoms with E-state index in [2.05, 4.69) is 15.6 Å². The van der Waals surface area contributed by atoms with Crippen LogP contribution in [-0.2, 0) is 5.75 Å². The van der Waals surface area contributed by atoms with Crippen molar-refractivity contribution in [3.05, 3.63) is 203 Å². The fourth-order valence-corrected chi connectivity index (χ4v) is 8.75. The summed E-state index contributed by atoms with van der Waals surface area (Å²) < 4.78 is 14.9. The van der Waals surface area contributed by atoms with Crippen LogP contribution in [-0.4, -0.2) is 39.9 Å². The molecule has 0 saturated heterocycles. The summed E-state index contributed by atoms with van der Waals surface area (Å²) in [7, 11) is 0. The molecule has 66 heavy (non-hydrogen) atoms. The van der Waals surface area contributed by atoms with Gasteiger partial charge in [-0.1, -0.05) is 48.0 Å². The number of pyridine rings is 2. The number of amides is 4. The first-order chi connectivity index (χ1) is 31.9. The van der Waals surface area contributed by atoms with Crippen LogP contribution in [0.2, 0.25) is 5.02 Å². The molecular weight excluding hydrogens is 891 g/mol. The summed E-state index contributed by atoms with van der Waals surface area (Å²) in [5.74, 6) is -2.37. The third-order valence-electron chi connectivity index (χ3n) is 10.4. The normalized spacial score (nSPS) is 10.9. The maximum absolute atomic E-state index is 14.9. The highest BCUT2D eigenvalue weighted by Gasteiger charge is 2.19. The van der Waals surface area contributed by atoms with Crippen molar-refractivity contribution in [2.75, 3.05) is 16.9 Å². The standard InChI is InChI=1S/C52H38ClFN6O4S2/c1-65-41-12-14-43(45(26-41)33-18-35(49(55)61)21-37(53)20-33)51(63)60-40-9-5-7-32(25-40)48-16-11-30(28-58-48)29-66-42-13-15-44(46(27-42)34-19-36(50(56)62)23-38(54)22-34)52(64)59-39-8-4-6-31(24-39)47-10-2-3-17-57-47/h2-28H,29H2,1H3,(H2,55,61)(H2,56,62)(H,59,64)(H,60,63). The number of primary amides is 2. The number of hydrogen-bond acceptors (Lipinski definition) is 8. The van der Waals surface area contributed by atoms with Crippen molar-refractivity contribution < 1.29 is 23.6 Å². The van der Waals surface area contributed by atoms with Crippen LogP contribution in [0.15, 0.2) is 174 Å². The summed E-state index contributed by atoms with van der Waals surface area (Å²) in [5.41, 5.74) is 18.9. The summed E-state index contributed by atoms with van der Waals surface area (Å²) in [6, 6.07) is 43.4. The Morgan fingerprint density at radius 2 is 1.18 bits per heavy atom. The van der Waals surface area contributed by atoms with Crippen LogP contribution in [0, 0.1) is 5.82 Å². The summed E-state index contributed by atoms with van der Waals surface area (Å²) in [6.07, 6.45) is 5.40. The largest absolute Gasteiger partial charge is 0.366 e. The third-order valence-corrected chi connectivity index (χ3v) is 12.4. The first-order valence-corrected chi connectivity index (χ1v) is 22.9. The SMILES string of the molecule is CSc1ccc(C(=O)Nc2cccc(-c3ccc(CSc4ccc(C(=O)Nc5cccc(-c6ccccn6)c5)c(-c5cc(F)cc(C(N)=O)c5)c4)cn3)c2)c(-c2cc(Cl)cc(C(N)=O)c2)c1. The number of aromatic nitrogens is 2. The summed E-state index contributed by atoms with van der Waals surface area (Å²) in [5, 5.41) is 6.28. The molecule has 0 bridgehead atoms. The average Bonchev–Trinajstić information content (AvgIpc) is 3.33. The van der Waals surface area contributed by atoms with Gasteiger partial charge in [0, 0.05) is 77.7 Å². The zero-order chi connectivity index (χ0) is 46.3. The summed E-state index contributed by atoms with van der Waals surface area (Å²) in [6.45, 7) is 0. The van der Waals surface area contributed by atoms with E-state index in [0.717, 1.165) is 38.2 Å². The molecule has 4 amide bonds. The Bertz CT molecular complexity index is 3170. The van der Waals surface area contributed by atoms with Crippen LogP contribution >= 0.6 is 35.1 Å². The molecular formula is C52H38ClFN6O4S2. The Hall–Kier alpha value is -7.58. The lowest BCUT2D eigenvalue weighted by Crippen LogP contribution is -2.14. The van der Waals surface area contributed by atoms with Crippen molar-refractivity contribution >= 4 is 70.1 Å². The first kappa shape index (κ1) is 45.0. The van der Waals surface area contributed by atoms with Crippen molar-refractivity contribution in [1.29, 1.82) is 0 Å². The van der Waals surface area contributed by atoms with Gasteiger partial charge in [0.25, 0.3) is 11.8 Å². The average molecular weight is 929 g/mol. The Kier molecular flexibility index (Phi) is 13.7. The molecule has 0 atom stereocenters. The highest BCUT2D eigenvalue weighted by Crippen LogP contribution is 2.35. The van der Waals surface area contributed by atoms with E-state index in [1.807, 2.05) is 91.2 Å². The molecule has 0 aliphatic carbocycles. The topological polar surface area (TPSA) is 170 Å². The Labute approximate surface area is 393 Å². The second kappa shape index (κ2) is 20.1. The van der Waals surface area contributed by atoms with Crippen LogP contribution < -0.4 is 22.1 Å². The van der Waals surface area contributed by atoms with E-state index in [0.29, 0.717) is 55.7 Å². The minimum absolute atomic E-state index is 0.0261. The van der Waals surface area contributed by atoms with Crippen molar-refractivity contribution in [1.82, 2.24) is 9.97 Å². The molecule has 0 radical (unpaired) electrons. The maximum atomic E-state index is 14.9. The van der Waals surface area contributed by atoms with Gasteiger partial charge in [-0.15, -0.1) is 23.5 Å². The van der Waals surface area contributed by atoms with E-state index >= 15 is 0 Å². The highest BCUT2D eigenvalue weighted by molar-refractivity contribution is 7.98. The third kappa shape index (κ3) is 10.7. The van der Waals surface area contributed by atoms with Crippen LogP contribution in [0.25, 0.3) is 44.8 Å². The molecule has 8 aromatic rings. The molecule has 0 unspecified atom stereocenters. The van der Waals surface area contributed by atoms with Gasteiger partial charge in [-0.3, -0.25) is 29.1 Å². The molecule has 0 aliphatic rings. The molecule has 6 aromatic carbocycles. The number of carbonyl (C=O) groups excluding carboxylic acids is 4. The fourth-order valence-electron chi connectivity index (χ4n) is 7.20. The fraction of sp³-hybridized carbons (Fsp3) is 0.0385. The molecule has 10 nitrogen and oxygen atoms in total. The predicted octanol–water partition coefficient (Wildman–Crippen LogP) is 11.7. The number of rotatable bonds is 14. The number of nitrogens with two attached hydrogens (primary N) is 2.